The number of halogens is 14. The number of alkyl halides is 14. The summed E-state index contributed by atoms with van der Waals surface area (Å²) in [6.45, 7) is 0. The van der Waals surface area contributed by atoms with Crippen LogP contribution in [0.15, 0.2) is 0 Å². The summed E-state index contributed by atoms with van der Waals surface area (Å²) in [5, 5.41) is 7.70. The van der Waals surface area contributed by atoms with Crippen molar-refractivity contribution < 1.29 is 71.4 Å². The Bertz CT molecular complexity index is 572. The van der Waals surface area contributed by atoms with Crippen LogP contribution in [0.25, 0.3) is 0 Å². The molecule has 0 bridgehead atoms. The highest BCUT2D eigenvalue weighted by atomic mass is 32.1. The predicted molar refractivity (Wildman–Crippen MR) is 60.7 cm³/mol. The van der Waals surface area contributed by atoms with Crippen molar-refractivity contribution in [3.05, 3.63) is 0 Å². The number of aliphatic carboxylic acids is 1. The zero-order valence-electron chi connectivity index (χ0n) is 12.0. The SMILES string of the molecule is O=C(O)C(F)(F)C(F)(F)C(F)(F)C(F)(F)C(F)(F)C(F)(F)C(F)(F)CCS. The minimum atomic E-state index is -8.26. The second-order valence-corrected chi connectivity index (χ2v) is 5.38. The number of carboxylic acids is 1. The Morgan fingerprint density at radius 1 is 0.630 bits per heavy atom. The zero-order chi connectivity index (χ0) is 22.5. The molecule has 0 saturated heterocycles. The fourth-order valence-electron chi connectivity index (χ4n) is 1.45. The smallest absolute Gasteiger partial charge is 0.410 e. The lowest BCUT2D eigenvalue weighted by Gasteiger charge is -2.42. The molecule has 0 saturated carbocycles. The van der Waals surface area contributed by atoms with Crippen molar-refractivity contribution in [3.63, 3.8) is 0 Å². The molecule has 0 aromatic heterocycles. The van der Waals surface area contributed by atoms with Gasteiger partial charge < -0.3 is 5.11 Å². The summed E-state index contributed by atoms with van der Waals surface area (Å²) in [5.74, 6) is -58.8. The minimum absolute atomic E-state index is 1.39. The van der Waals surface area contributed by atoms with Gasteiger partial charge in [0.2, 0.25) is 0 Å². The van der Waals surface area contributed by atoms with E-state index in [9.17, 15) is 66.3 Å². The largest absolute Gasteiger partial charge is 0.477 e. The van der Waals surface area contributed by atoms with Gasteiger partial charge in [0.25, 0.3) is 0 Å². The lowest BCUT2D eigenvalue weighted by molar-refractivity contribution is -0.438. The highest BCUT2D eigenvalue weighted by Crippen LogP contribution is 2.62. The molecule has 162 valence electrons. The molecule has 0 unspecified atom stereocenters. The molecule has 0 heterocycles. The van der Waals surface area contributed by atoms with Crippen LogP contribution in [0.4, 0.5) is 61.5 Å². The third-order valence-electron chi connectivity index (χ3n) is 3.13. The van der Waals surface area contributed by atoms with Crippen molar-refractivity contribution in [2.75, 3.05) is 5.75 Å². The number of carboxylic acid groups (broad SMARTS) is 1. The average molecular weight is 456 g/mol. The number of rotatable bonds is 9. The van der Waals surface area contributed by atoms with Crippen LogP contribution in [0.1, 0.15) is 6.42 Å². The van der Waals surface area contributed by atoms with E-state index in [4.69, 9.17) is 5.11 Å². The summed E-state index contributed by atoms with van der Waals surface area (Å²) in [6, 6.07) is 0. The molecular weight excluding hydrogens is 450 g/mol. The summed E-state index contributed by atoms with van der Waals surface area (Å²) in [5.41, 5.74) is 0. The maximum atomic E-state index is 13.2. The third kappa shape index (κ3) is 3.28. The summed E-state index contributed by atoms with van der Waals surface area (Å²) in [7, 11) is 0. The van der Waals surface area contributed by atoms with Gasteiger partial charge in [-0.05, 0) is 5.75 Å². The molecule has 0 aromatic carbocycles. The molecule has 0 fully saturated rings. The van der Waals surface area contributed by atoms with E-state index in [1.54, 1.807) is 0 Å². The first-order chi connectivity index (χ1) is 11.5. The van der Waals surface area contributed by atoms with Gasteiger partial charge in [-0.25, -0.2) is 4.79 Å². The highest BCUT2D eigenvalue weighted by molar-refractivity contribution is 7.80. The molecule has 2 nitrogen and oxygen atoms in total. The van der Waals surface area contributed by atoms with Crippen LogP contribution in [-0.4, -0.2) is 58.3 Å². The molecule has 0 spiro atoms. The number of hydrogen-bond acceptors (Lipinski definition) is 2. The van der Waals surface area contributed by atoms with Crippen LogP contribution in [0.5, 0.6) is 0 Å². The first-order valence-electron chi connectivity index (χ1n) is 5.99. The molecule has 0 aromatic rings. The summed E-state index contributed by atoms with van der Waals surface area (Å²) in [6.07, 6.45) is -2.43. The highest BCUT2D eigenvalue weighted by Gasteiger charge is 2.93. The Kier molecular flexibility index (Phi) is 6.43. The normalized spacial score (nSPS) is 15.8. The van der Waals surface area contributed by atoms with E-state index in [1.807, 2.05) is 0 Å². The van der Waals surface area contributed by atoms with Gasteiger partial charge >= 0.3 is 47.4 Å². The van der Waals surface area contributed by atoms with Gasteiger partial charge in [-0.2, -0.15) is 74.1 Å². The lowest BCUT2D eigenvalue weighted by atomic mass is 9.88. The Hall–Kier alpha value is -1.16. The molecule has 0 amide bonds. The van der Waals surface area contributed by atoms with E-state index in [-0.39, 0.29) is 0 Å². The van der Waals surface area contributed by atoms with Gasteiger partial charge in [0, 0.05) is 6.42 Å². The van der Waals surface area contributed by atoms with E-state index in [2.05, 4.69) is 12.6 Å². The fourth-order valence-corrected chi connectivity index (χ4v) is 1.73. The molecule has 0 aliphatic carbocycles. The molecule has 0 atom stereocenters. The predicted octanol–water partition coefficient (Wildman–Crippen LogP) is 4.84. The van der Waals surface area contributed by atoms with E-state index in [0.717, 1.165) is 0 Å². The number of hydrogen-bond donors (Lipinski definition) is 2. The van der Waals surface area contributed by atoms with Gasteiger partial charge in [0.05, 0.1) is 0 Å². The first-order valence-corrected chi connectivity index (χ1v) is 6.63. The molecular formula is C10H6F14O2S. The topological polar surface area (TPSA) is 37.3 Å². The Balaban J connectivity index is 6.57. The second kappa shape index (κ2) is 6.72. The zero-order valence-corrected chi connectivity index (χ0v) is 12.9. The monoisotopic (exact) mass is 456 g/mol. The van der Waals surface area contributed by atoms with Crippen molar-refractivity contribution in [1.29, 1.82) is 0 Å². The standard InChI is InChI=1S/C10H6F14O2S/c11-4(12,1-2-27)6(15,16)8(19,20)10(23,24)9(21,22)7(17,18)5(13,14)3(25)26/h27H,1-2H2,(H,25,26). The van der Waals surface area contributed by atoms with Crippen molar-refractivity contribution in [3.8, 4) is 0 Å². The fraction of sp³-hybridized carbons (Fsp3) is 0.900. The van der Waals surface area contributed by atoms with Crippen LogP contribution >= 0.6 is 12.6 Å². The maximum Gasteiger partial charge on any atom is 0.410 e. The number of thiol groups is 1. The van der Waals surface area contributed by atoms with Crippen LogP contribution in [0, 0.1) is 0 Å². The van der Waals surface area contributed by atoms with Crippen molar-refractivity contribution >= 4 is 18.6 Å². The second-order valence-electron chi connectivity index (χ2n) is 4.93. The quantitative estimate of drug-likeness (QED) is 0.385. The molecule has 27 heavy (non-hydrogen) atoms. The van der Waals surface area contributed by atoms with Crippen molar-refractivity contribution in [2.45, 2.75) is 47.9 Å². The van der Waals surface area contributed by atoms with E-state index in [0.29, 0.717) is 0 Å². The molecule has 1 N–H and O–H groups in total. The van der Waals surface area contributed by atoms with Gasteiger partial charge in [0.1, 0.15) is 0 Å². The molecule has 0 aliphatic heterocycles. The van der Waals surface area contributed by atoms with Crippen LogP contribution < -0.4 is 0 Å². The van der Waals surface area contributed by atoms with E-state index < -0.39 is 59.6 Å². The van der Waals surface area contributed by atoms with E-state index >= 15 is 0 Å². The van der Waals surface area contributed by atoms with Crippen molar-refractivity contribution in [1.82, 2.24) is 0 Å². The Labute approximate surface area is 144 Å². The maximum absolute atomic E-state index is 13.2. The van der Waals surface area contributed by atoms with Gasteiger partial charge in [-0.3, -0.25) is 0 Å². The number of carbonyl (C=O) groups is 1. The molecule has 0 radical (unpaired) electrons. The van der Waals surface area contributed by atoms with Crippen LogP contribution in [-0.2, 0) is 4.79 Å². The molecule has 17 heteroatoms. The van der Waals surface area contributed by atoms with Crippen LogP contribution in [0.3, 0.4) is 0 Å². The van der Waals surface area contributed by atoms with Crippen LogP contribution in [0.2, 0.25) is 0 Å². The first kappa shape index (κ1) is 25.8. The molecule has 0 aliphatic rings. The summed E-state index contributed by atoms with van der Waals surface area (Å²) in [4.78, 5) is 9.86. The Morgan fingerprint density at radius 2 is 0.926 bits per heavy atom. The van der Waals surface area contributed by atoms with Crippen molar-refractivity contribution in [2.24, 2.45) is 0 Å². The average Bonchev–Trinajstić information content (AvgIpc) is 2.45. The minimum Gasteiger partial charge on any atom is -0.477 e. The summed E-state index contributed by atoms with van der Waals surface area (Å²) >= 11 is 2.90. The lowest BCUT2D eigenvalue weighted by Crippen LogP contribution is -2.73. The summed E-state index contributed by atoms with van der Waals surface area (Å²) < 4.78 is 182. The third-order valence-corrected chi connectivity index (χ3v) is 3.35. The van der Waals surface area contributed by atoms with E-state index in [1.165, 1.54) is 0 Å². The van der Waals surface area contributed by atoms with Gasteiger partial charge in [-0.15, -0.1) is 0 Å². The molecule has 0 rings (SSSR count). The van der Waals surface area contributed by atoms with Gasteiger partial charge in [-0.1, -0.05) is 0 Å². The van der Waals surface area contributed by atoms with Gasteiger partial charge in [0.15, 0.2) is 0 Å². The Morgan fingerprint density at radius 3 is 1.22 bits per heavy atom.